The van der Waals surface area contributed by atoms with Crippen LogP contribution in [-0.2, 0) is 40.2 Å². The van der Waals surface area contributed by atoms with Crippen molar-refractivity contribution in [2.45, 2.75) is 0 Å². The summed E-state index contributed by atoms with van der Waals surface area (Å²) in [5, 5.41) is 35.3. The molecule has 0 aliphatic carbocycles. The van der Waals surface area contributed by atoms with Gasteiger partial charge in [0.25, 0.3) is 0 Å². The summed E-state index contributed by atoms with van der Waals surface area (Å²) >= 11 is 1.62. The molecule has 11 heteroatoms. The quantitative estimate of drug-likeness (QED) is 0.360. The van der Waals surface area contributed by atoms with E-state index in [-0.39, 0.29) is 44.1 Å². The SMILES string of the molecule is O=C([O-])CSCC(=O)O.O=C([O-])CSCC(=O)O.[Pt+2]. The Bertz CT molecular complexity index is 251. The molecule has 0 aliphatic heterocycles. The average molecular weight is 493 g/mol. The molecular weight excluding hydrogens is 483 g/mol. The molecule has 0 bridgehead atoms. The molecule has 0 amide bonds. The van der Waals surface area contributed by atoms with E-state index < -0.39 is 23.9 Å². The number of carbonyl (C=O) groups is 4. The average Bonchev–Trinajstić information content (AvgIpc) is 2.15. The smallest absolute Gasteiger partial charge is 0.549 e. The summed E-state index contributed by atoms with van der Waals surface area (Å²) in [4.78, 5) is 38.8. The molecule has 19 heavy (non-hydrogen) atoms. The van der Waals surface area contributed by atoms with Crippen molar-refractivity contribution >= 4 is 47.4 Å². The van der Waals surface area contributed by atoms with Crippen molar-refractivity contribution in [3.05, 3.63) is 0 Å². The molecule has 0 saturated heterocycles. The van der Waals surface area contributed by atoms with Crippen LogP contribution in [0, 0.1) is 0 Å². The Balaban J connectivity index is -0.000000256. The fourth-order valence-corrected chi connectivity index (χ4v) is 1.33. The molecule has 0 atom stereocenters. The van der Waals surface area contributed by atoms with E-state index in [1.54, 1.807) is 0 Å². The predicted octanol–water partition coefficient (Wildman–Crippen LogP) is -2.89. The molecular formula is C8H10O8PtS2. The molecule has 0 aromatic rings. The van der Waals surface area contributed by atoms with Crippen molar-refractivity contribution in [1.82, 2.24) is 0 Å². The number of hydrogen-bond donors (Lipinski definition) is 2. The fraction of sp³-hybridized carbons (Fsp3) is 0.500. The first-order chi connectivity index (χ1) is 8.25. The van der Waals surface area contributed by atoms with Crippen molar-refractivity contribution in [3.63, 3.8) is 0 Å². The van der Waals surface area contributed by atoms with Gasteiger partial charge in [-0.2, -0.15) is 0 Å². The Hall–Kier alpha value is -0.732. The molecule has 0 aromatic heterocycles. The normalized spacial score (nSPS) is 8.42. The minimum atomic E-state index is -1.23. The van der Waals surface area contributed by atoms with Crippen molar-refractivity contribution in [1.29, 1.82) is 0 Å². The Morgan fingerprint density at radius 1 is 0.737 bits per heavy atom. The monoisotopic (exact) mass is 493 g/mol. The van der Waals surface area contributed by atoms with Gasteiger partial charge < -0.3 is 30.0 Å². The van der Waals surface area contributed by atoms with E-state index in [1.807, 2.05) is 0 Å². The zero-order valence-electron chi connectivity index (χ0n) is 9.31. The molecule has 2 N–H and O–H groups in total. The molecule has 0 rings (SSSR count). The van der Waals surface area contributed by atoms with Crippen LogP contribution >= 0.6 is 23.5 Å². The van der Waals surface area contributed by atoms with Crippen LogP contribution in [0.5, 0.6) is 0 Å². The third-order valence-corrected chi connectivity index (χ3v) is 2.67. The predicted molar refractivity (Wildman–Crippen MR) is 59.9 cm³/mol. The third-order valence-electron chi connectivity index (χ3n) is 0.891. The first kappa shape index (κ1) is 23.4. The number of carbonyl (C=O) groups excluding carboxylic acids is 2. The zero-order valence-corrected chi connectivity index (χ0v) is 13.2. The van der Waals surface area contributed by atoms with Crippen LogP contribution in [0.15, 0.2) is 0 Å². The summed E-state index contributed by atoms with van der Waals surface area (Å²) < 4.78 is 0. The van der Waals surface area contributed by atoms with E-state index in [0.717, 1.165) is 23.5 Å². The van der Waals surface area contributed by atoms with E-state index in [0.29, 0.717) is 0 Å². The maximum Gasteiger partial charge on any atom is 2.00 e. The molecule has 0 saturated carbocycles. The van der Waals surface area contributed by atoms with Crippen molar-refractivity contribution in [2.24, 2.45) is 0 Å². The number of rotatable bonds is 8. The van der Waals surface area contributed by atoms with Gasteiger partial charge in [-0.1, -0.05) is 0 Å². The van der Waals surface area contributed by atoms with Crippen LogP contribution in [0.4, 0.5) is 0 Å². The van der Waals surface area contributed by atoms with E-state index >= 15 is 0 Å². The van der Waals surface area contributed by atoms with Crippen LogP contribution < -0.4 is 10.2 Å². The Morgan fingerprint density at radius 3 is 1.16 bits per heavy atom. The van der Waals surface area contributed by atoms with Crippen LogP contribution in [0.25, 0.3) is 0 Å². The topological polar surface area (TPSA) is 155 Å². The van der Waals surface area contributed by atoms with Crippen LogP contribution in [0.3, 0.4) is 0 Å². The van der Waals surface area contributed by atoms with E-state index in [4.69, 9.17) is 10.2 Å². The summed E-state index contributed by atoms with van der Waals surface area (Å²) in [5.74, 6) is -5.38. The number of thioether (sulfide) groups is 2. The summed E-state index contributed by atoms with van der Waals surface area (Å²) in [7, 11) is 0. The molecule has 0 unspecified atom stereocenters. The number of carboxylic acids is 4. The largest absolute Gasteiger partial charge is 2.00 e. The summed E-state index contributed by atoms with van der Waals surface area (Å²) in [6.07, 6.45) is 0. The van der Waals surface area contributed by atoms with Gasteiger partial charge in [0, 0.05) is 11.5 Å². The molecule has 0 radical (unpaired) electrons. The Morgan fingerprint density at radius 2 is 1.00 bits per heavy atom. The Kier molecular flexibility index (Phi) is 18.8. The molecule has 0 heterocycles. The second-order valence-electron chi connectivity index (χ2n) is 2.52. The van der Waals surface area contributed by atoms with Gasteiger partial charge in [0.15, 0.2) is 0 Å². The maximum atomic E-state index is 9.75. The standard InChI is InChI=1S/2C4H6O4S.Pt/c2*5-3(6)1-9-2-4(7)8;/h2*1-2H2,(H,5,6)(H,7,8);/q;;+2/p-2. The van der Waals surface area contributed by atoms with E-state index in [1.165, 1.54) is 0 Å². The second kappa shape index (κ2) is 15.3. The molecule has 0 spiro atoms. The van der Waals surface area contributed by atoms with Crippen molar-refractivity contribution < 1.29 is 60.7 Å². The number of aliphatic carboxylic acids is 4. The van der Waals surface area contributed by atoms with Gasteiger partial charge in [-0.25, -0.2) is 0 Å². The van der Waals surface area contributed by atoms with Crippen molar-refractivity contribution in [3.8, 4) is 0 Å². The van der Waals surface area contributed by atoms with Gasteiger partial charge in [0.1, 0.15) is 0 Å². The van der Waals surface area contributed by atoms with E-state index in [2.05, 4.69) is 0 Å². The van der Waals surface area contributed by atoms with Crippen LogP contribution in [0.1, 0.15) is 0 Å². The number of carboxylic acid groups (broad SMARTS) is 4. The third kappa shape index (κ3) is 31.7. The first-order valence-electron chi connectivity index (χ1n) is 4.24. The van der Waals surface area contributed by atoms with Gasteiger partial charge in [0.2, 0.25) is 0 Å². The minimum Gasteiger partial charge on any atom is -0.549 e. The Labute approximate surface area is 131 Å². The molecule has 0 fully saturated rings. The number of hydrogen-bond acceptors (Lipinski definition) is 8. The van der Waals surface area contributed by atoms with Gasteiger partial charge >= 0.3 is 33.0 Å². The summed E-state index contributed by atoms with van der Waals surface area (Å²) in [6.45, 7) is 0. The van der Waals surface area contributed by atoms with Gasteiger partial charge in [-0.05, 0) is 0 Å². The zero-order chi connectivity index (χ0) is 14.6. The summed E-state index contributed by atoms with van der Waals surface area (Å²) in [6, 6.07) is 0. The van der Waals surface area contributed by atoms with Crippen molar-refractivity contribution in [2.75, 3.05) is 23.0 Å². The molecule has 8 nitrogen and oxygen atoms in total. The maximum absolute atomic E-state index is 9.75. The summed E-state index contributed by atoms with van der Waals surface area (Å²) in [5.41, 5.74) is 0. The molecule has 0 aliphatic rings. The van der Waals surface area contributed by atoms with Gasteiger partial charge in [0.05, 0.1) is 23.4 Å². The van der Waals surface area contributed by atoms with Crippen LogP contribution in [-0.4, -0.2) is 57.1 Å². The molecule has 112 valence electrons. The van der Waals surface area contributed by atoms with Gasteiger partial charge in [-0.3, -0.25) is 9.59 Å². The minimum absolute atomic E-state index is 0. The first-order valence-corrected chi connectivity index (χ1v) is 6.55. The van der Waals surface area contributed by atoms with Crippen LogP contribution in [0.2, 0.25) is 0 Å². The van der Waals surface area contributed by atoms with E-state index in [9.17, 15) is 29.4 Å². The molecule has 0 aromatic carbocycles. The van der Waals surface area contributed by atoms with Gasteiger partial charge in [-0.15, -0.1) is 23.5 Å². The fourth-order valence-electron chi connectivity index (χ4n) is 0.443. The second-order valence-corrected chi connectivity index (χ2v) is 4.49.